The molecule has 2 aliphatic rings. The van der Waals surface area contributed by atoms with E-state index in [1.165, 1.54) is 29.8 Å². The van der Waals surface area contributed by atoms with Crippen molar-refractivity contribution in [1.82, 2.24) is 30.0 Å². The summed E-state index contributed by atoms with van der Waals surface area (Å²) < 4.78 is 0. The summed E-state index contributed by atoms with van der Waals surface area (Å²) in [6.07, 6.45) is 5.82. The van der Waals surface area contributed by atoms with E-state index in [2.05, 4.69) is 83.8 Å². The second-order valence-corrected chi connectivity index (χ2v) is 10.2. The van der Waals surface area contributed by atoms with Crippen molar-refractivity contribution in [2.75, 3.05) is 30.0 Å². The largest absolute Gasteiger partial charge is 0.366 e. The Labute approximate surface area is 227 Å². The van der Waals surface area contributed by atoms with Crippen LogP contribution in [0.15, 0.2) is 91.3 Å². The first-order chi connectivity index (χ1) is 19.3. The van der Waals surface area contributed by atoms with Crippen LogP contribution in [0.1, 0.15) is 18.4 Å². The fraction of sp³-hybridized carbons (Fsp3) is 0.226. The zero-order valence-corrected chi connectivity index (χ0v) is 21.7. The number of likely N-dealkylation sites (tertiary alicyclic amines) is 1. The Morgan fingerprint density at radius 1 is 0.795 bits per heavy atom. The summed E-state index contributed by atoms with van der Waals surface area (Å²) >= 11 is 0. The van der Waals surface area contributed by atoms with Gasteiger partial charge >= 0.3 is 0 Å². The van der Waals surface area contributed by atoms with Crippen LogP contribution in [0.5, 0.6) is 0 Å². The summed E-state index contributed by atoms with van der Waals surface area (Å²) in [4.78, 5) is 17.4. The zero-order chi connectivity index (χ0) is 26.0. The summed E-state index contributed by atoms with van der Waals surface area (Å²) in [5, 5.41) is 12.5. The van der Waals surface area contributed by atoms with Crippen LogP contribution >= 0.6 is 0 Å². The van der Waals surface area contributed by atoms with Gasteiger partial charge in [-0.15, -0.1) is 10.2 Å². The van der Waals surface area contributed by atoms with Crippen molar-refractivity contribution < 1.29 is 0 Å². The third kappa shape index (κ3) is 4.75. The Bertz CT molecular complexity index is 1540. The highest BCUT2D eigenvalue weighted by atomic mass is 15.3. The minimum Gasteiger partial charge on any atom is -0.366 e. The maximum absolute atomic E-state index is 4.88. The lowest BCUT2D eigenvalue weighted by molar-refractivity contribution is 0.202. The van der Waals surface area contributed by atoms with Crippen LogP contribution in [0.25, 0.3) is 34.2 Å². The molecule has 0 atom stereocenters. The number of aromatic nitrogens is 5. The summed E-state index contributed by atoms with van der Waals surface area (Å²) in [6, 6.07) is 28.0. The van der Waals surface area contributed by atoms with Crippen molar-refractivity contribution >= 4 is 11.4 Å². The minimum absolute atomic E-state index is 0.484. The molecule has 8 heteroatoms. The van der Waals surface area contributed by atoms with Gasteiger partial charge in [0.25, 0.3) is 0 Å². The molecule has 8 nitrogen and oxygen atoms in total. The van der Waals surface area contributed by atoms with E-state index >= 15 is 0 Å². The molecule has 0 bridgehead atoms. The van der Waals surface area contributed by atoms with Gasteiger partial charge in [-0.2, -0.15) is 0 Å². The maximum atomic E-state index is 4.88. The number of benzene rings is 3. The average molecular weight is 515 g/mol. The molecule has 2 N–H and O–H groups in total. The quantitative estimate of drug-likeness (QED) is 0.312. The SMILES string of the molecule is c1ccc(-c2nnc(-c3ncc[nH]3)nc2-c2ccc(CN3CCC(N4CNc5ccccc54)CC3)cc2)cc1. The molecule has 0 aliphatic carbocycles. The van der Waals surface area contributed by atoms with Gasteiger partial charge in [0, 0.05) is 49.2 Å². The fourth-order valence-corrected chi connectivity index (χ4v) is 5.68. The molecule has 4 heterocycles. The smallest absolute Gasteiger partial charge is 0.218 e. The number of fused-ring (bicyclic) bond motifs is 1. The van der Waals surface area contributed by atoms with Crippen molar-refractivity contribution in [2.24, 2.45) is 0 Å². The first-order valence-corrected chi connectivity index (χ1v) is 13.5. The van der Waals surface area contributed by atoms with Crippen LogP contribution in [0.2, 0.25) is 0 Å². The average Bonchev–Trinajstić information content (AvgIpc) is 3.69. The predicted molar refractivity (Wildman–Crippen MR) is 154 cm³/mol. The third-order valence-electron chi connectivity index (χ3n) is 7.73. The van der Waals surface area contributed by atoms with Gasteiger partial charge in [-0.1, -0.05) is 66.7 Å². The van der Waals surface area contributed by atoms with Gasteiger partial charge in [0.15, 0.2) is 5.82 Å². The molecule has 0 radical (unpaired) electrons. The van der Waals surface area contributed by atoms with Crippen LogP contribution < -0.4 is 10.2 Å². The van der Waals surface area contributed by atoms with Gasteiger partial charge in [-0.3, -0.25) is 4.90 Å². The van der Waals surface area contributed by atoms with E-state index in [0.717, 1.165) is 48.8 Å². The molecule has 0 saturated carbocycles. The summed E-state index contributed by atoms with van der Waals surface area (Å²) in [5.74, 6) is 1.09. The van der Waals surface area contributed by atoms with Gasteiger partial charge in [0.05, 0.1) is 18.0 Å². The molecule has 1 saturated heterocycles. The van der Waals surface area contributed by atoms with Gasteiger partial charge in [-0.25, -0.2) is 9.97 Å². The lowest BCUT2D eigenvalue weighted by Gasteiger charge is -2.37. The topological polar surface area (TPSA) is 85.9 Å². The van der Waals surface area contributed by atoms with Gasteiger partial charge in [0.2, 0.25) is 5.82 Å². The number of para-hydroxylation sites is 2. The Hall–Kier alpha value is -4.56. The zero-order valence-electron chi connectivity index (χ0n) is 21.7. The molecule has 39 heavy (non-hydrogen) atoms. The molecular weight excluding hydrogens is 484 g/mol. The Morgan fingerprint density at radius 3 is 2.36 bits per heavy atom. The second-order valence-electron chi connectivity index (χ2n) is 10.2. The number of aromatic amines is 1. The molecule has 0 spiro atoms. The fourth-order valence-electron chi connectivity index (χ4n) is 5.68. The number of nitrogens with one attached hydrogen (secondary N) is 2. The number of nitrogens with zero attached hydrogens (tertiary/aromatic N) is 6. The van der Waals surface area contributed by atoms with Crippen LogP contribution in [0, 0.1) is 0 Å². The highest BCUT2D eigenvalue weighted by Crippen LogP contribution is 2.35. The van der Waals surface area contributed by atoms with E-state index in [4.69, 9.17) is 4.98 Å². The molecule has 2 aromatic heterocycles. The molecule has 7 rings (SSSR count). The van der Waals surface area contributed by atoms with E-state index < -0.39 is 0 Å². The highest BCUT2D eigenvalue weighted by molar-refractivity contribution is 5.78. The molecule has 1 fully saturated rings. The number of imidazole rings is 1. The molecular formula is C31H30N8. The predicted octanol–water partition coefficient (Wildman–Crippen LogP) is 5.45. The number of rotatable bonds is 6. The van der Waals surface area contributed by atoms with Crippen LogP contribution in [-0.4, -0.2) is 55.8 Å². The van der Waals surface area contributed by atoms with E-state index in [1.54, 1.807) is 12.4 Å². The number of hydrogen-bond acceptors (Lipinski definition) is 7. The summed E-state index contributed by atoms with van der Waals surface area (Å²) in [6.45, 7) is 4.07. The maximum Gasteiger partial charge on any atom is 0.218 e. The monoisotopic (exact) mass is 514 g/mol. The highest BCUT2D eigenvalue weighted by Gasteiger charge is 2.29. The number of hydrogen-bond donors (Lipinski definition) is 2. The Kier molecular flexibility index (Phi) is 6.22. The standard InChI is InChI=1S/C31H30N8/c1-2-6-23(7-3-1)29-28(35-31(37-36-29)30-32-16-17-33-30)24-12-10-22(11-13-24)20-38-18-14-25(15-19-38)39-21-34-26-8-4-5-9-27(26)39/h1-13,16-17,25,34H,14-15,18-21H2,(H,32,33). The van der Waals surface area contributed by atoms with E-state index in [0.29, 0.717) is 17.7 Å². The van der Waals surface area contributed by atoms with Crippen molar-refractivity contribution in [3.63, 3.8) is 0 Å². The van der Waals surface area contributed by atoms with E-state index in [-0.39, 0.29) is 0 Å². The number of piperidine rings is 1. The molecule has 5 aromatic rings. The Balaban J connectivity index is 1.07. The lowest BCUT2D eigenvalue weighted by Crippen LogP contribution is -2.44. The van der Waals surface area contributed by atoms with E-state index in [1.807, 2.05) is 30.3 Å². The first-order valence-electron chi connectivity index (χ1n) is 13.5. The van der Waals surface area contributed by atoms with E-state index in [9.17, 15) is 0 Å². The number of H-pyrrole nitrogens is 1. The number of anilines is 2. The second kappa shape index (κ2) is 10.3. The van der Waals surface area contributed by atoms with Crippen molar-refractivity contribution in [1.29, 1.82) is 0 Å². The minimum atomic E-state index is 0.484. The summed E-state index contributed by atoms with van der Waals surface area (Å²) in [7, 11) is 0. The van der Waals surface area contributed by atoms with Crippen molar-refractivity contribution in [3.8, 4) is 34.2 Å². The van der Waals surface area contributed by atoms with Crippen molar-refractivity contribution in [2.45, 2.75) is 25.4 Å². The molecule has 194 valence electrons. The molecule has 2 aliphatic heterocycles. The van der Waals surface area contributed by atoms with Gasteiger partial charge in [0.1, 0.15) is 11.4 Å². The lowest BCUT2D eigenvalue weighted by atomic mass is 10.0. The first kappa shape index (κ1) is 23.5. The normalized spacial score (nSPS) is 15.7. The van der Waals surface area contributed by atoms with Crippen LogP contribution in [0.3, 0.4) is 0 Å². The van der Waals surface area contributed by atoms with Crippen LogP contribution in [-0.2, 0) is 6.54 Å². The molecule has 0 amide bonds. The van der Waals surface area contributed by atoms with Gasteiger partial charge in [-0.05, 0) is 30.5 Å². The van der Waals surface area contributed by atoms with Crippen LogP contribution in [0.4, 0.5) is 11.4 Å². The van der Waals surface area contributed by atoms with Gasteiger partial charge < -0.3 is 15.2 Å². The van der Waals surface area contributed by atoms with Crippen molar-refractivity contribution in [3.05, 3.63) is 96.8 Å². The Morgan fingerprint density at radius 2 is 1.56 bits per heavy atom. The molecule has 3 aromatic carbocycles. The third-order valence-corrected chi connectivity index (χ3v) is 7.73. The molecule has 0 unspecified atom stereocenters. The summed E-state index contributed by atoms with van der Waals surface area (Å²) in [5.41, 5.74) is 7.47.